The Labute approximate surface area is 179 Å². The van der Waals surface area contributed by atoms with Crippen LogP contribution in [0.3, 0.4) is 0 Å². The lowest BCUT2D eigenvalue weighted by atomic mass is 9.88. The lowest BCUT2D eigenvalue weighted by molar-refractivity contribution is 0.575. The smallest absolute Gasteiger partial charge is 0.169 e. The van der Waals surface area contributed by atoms with Gasteiger partial charge in [0.2, 0.25) is 0 Å². The third-order valence-electron chi connectivity index (χ3n) is 6.84. The maximum atomic E-state index is 14.2. The van der Waals surface area contributed by atoms with Crippen LogP contribution in [0.25, 0.3) is 27.6 Å². The molecule has 0 bridgehead atoms. The highest BCUT2D eigenvalue weighted by molar-refractivity contribution is 8.08. The Morgan fingerprint density at radius 3 is 2.10 bits per heavy atom. The number of sulfone groups is 1. The minimum atomic E-state index is -3.48. The normalized spacial score (nSPS) is 26.0. The molecule has 4 heteroatoms. The number of fused-ring (bicyclic) bond motifs is 2. The molecule has 3 aliphatic rings. The molecule has 0 radical (unpaired) electrons. The molecule has 4 unspecified atom stereocenters. The van der Waals surface area contributed by atoms with Gasteiger partial charge in [-0.25, -0.2) is 8.42 Å². The summed E-state index contributed by atoms with van der Waals surface area (Å²) in [4.78, 5) is 0. The van der Waals surface area contributed by atoms with Gasteiger partial charge in [0.15, 0.2) is 9.84 Å². The molecule has 1 fully saturated rings. The highest BCUT2D eigenvalue weighted by Gasteiger charge is 2.56. The summed E-state index contributed by atoms with van der Waals surface area (Å²) < 4.78 is 28.4. The van der Waals surface area contributed by atoms with Gasteiger partial charge in [0.25, 0.3) is 0 Å². The summed E-state index contributed by atoms with van der Waals surface area (Å²) in [5, 5.41) is 3.79. The average Bonchev–Trinajstić information content (AvgIpc) is 3.55. The molecular weight excluding hydrogens is 408 g/mol. The zero-order chi connectivity index (χ0) is 20.0. The van der Waals surface area contributed by atoms with Gasteiger partial charge in [-0.1, -0.05) is 84.9 Å². The fourth-order valence-electron chi connectivity index (χ4n) is 5.53. The SMILES string of the molecule is O=S(=O)(C1C=Cc2cccc3cccc1c23)C1c2cccc3cccc(c23)C2SC21. The third-order valence-corrected chi connectivity index (χ3v) is 10.8. The number of benzene rings is 4. The lowest BCUT2D eigenvalue weighted by Crippen LogP contribution is -2.26. The molecule has 4 aromatic carbocycles. The van der Waals surface area contributed by atoms with Crippen molar-refractivity contribution in [2.24, 2.45) is 0 Å². The molecule has 0 spiro atoms. The highest BCUT2D eigenvalue weighted by atomic mass is 32.2. The Morgan fingerprint density at radius 2 is 1.33 bits per heavy atom. The summed E-state index contributed by atoms with van der Waals surface area (Å²) in [5.41, 5.74) is 4.30. The minimum Gasteiger partial charge on any atom is -0.227 e. The van der Waals surface area contributed by atoms with Crippen molar-refractivity contribution in [3.8, 4) is 0 Å². The molecule has 0 N–H and O–H groups in total. The van der Waals surface area contributed by atoms with E-state index in [0.717, 1.165) is 38.2 Å². The van der Waals surface area contributed by atoms with Gasteiger partial charge in [-0.05, 0) is 43.8 Å². The number of thioether (sulfide) groups is 1. The fraction of sp³-hybridized carbons (Fsp3) is 0.154. The van der Waals surface area contributed by atoms with Gasteiger partial charge in [0, 0.05) is 10.5 Å². The van der Waals surface area contributed by atoms with E-state index in [0.29, 0.717) is 5.25 Å². The van der Waals surface area contributed by atoms with Crippen LogP contribution >= 0.6 is 11.8 Å². The first kappa shape index (κ1) is 17.2. The van der Waals surface area contributed by atoms with Crippen LogP contribution < -0.4 is 0 Å². The molecule has 2 nitrogen and oxygen atoms in total. The molecule has 0 saturated carbocycles. The van der Waals surface area contributed by atoms with Crippen molar-refractivity contribution in [1.29, 1.82) is 0 Å². The first-order valence-corrected chi connectivity index (χ1v) is 12.8. The molecule has 1 aliphatic heterocycles. The van der Waals surface area contributed by atoms with Gasteiger partial charge in [0.05, 0.1) is 0 Å². The van der Waals surface area contributed by atoms with E-state index in [1.807, 2.05) is 42.5 Å². The Bertz CT molecular complexity index is 1510. The minimum absolute atomic E-state index is 0.111. The first-order chi connectivity index (χ1) is 14.6. The van der Waals surface area contributed by atoms with E-state index in [-0.39, 0.29) is 5.25 Å². The Morgan fingerprint density at radius 1 is 0.700 bits per heavy atom. The fourth-order valence-corrected chi connectivity index (χ4v) is 9.72. The summed E-state index contributed by atoms with van der Waals surface area (Å²) in [6.45, 7) is 0. The predicted octanol–water partition coefficient (Wildman–Crippen LogP) is 6.39. The van der Waals surface area contributed by atoms with E-state index < -0.39 is 20.3 Å². The topological polar surface area (TPSA) is 34.1 Å². The van der Waals surface area contributed by atoms with Crippen LogP contribution in [-0.2, 0) is 9.84 Å². The second-order valence-electron chi connectivity index (χ2n) is 8.40. The molecule has 2 aliphatic carbocycles. The molecule has 1 heterocycles. The van der Waals surface area contributed by atoms with Crippen molar-refractivity contribution in [3.63, 3.8) is 0 Å². The van der Waals surface area contributed by atoms with E-state index in [1.54, 1.807) is 11.8 Å². The van der Waals surface area contributed by atoms with Crippen molar-refractivity contribution in [2.75, 3.05) is 0 Å². The predicted molar refractivity (Wildman–Crippen MR) is 125 cm³/mol. The molecular formula is C26H18O2S2. The maximum Gasteiger partial charge on any atom is 0.169 e. The standard InChI is InChI=1S/C26H18O2S2/c27-30(28,21-14-13-17-6-1-5-15-7-2-10-18(21)22(15)17)26-20-12-4-9-16-8-3-11-19(23(16)20)24-25(26)29-24/h1-14,21,24-26H. The summed E-state index contributed by atoms with van der Waals surface area (Å²) in [5.74, 6) is 0. The molecule has 4 atom stereocenters. The molecule has 0 aromatic heterocycles. The van der Waals surface area contributed by atoms with Crippen LogP contribution in [0.5, 0.6) is 0 Å². The van der Waals surface area contributed by atoms with Gasteiger partial charge in [0.1, 0.15) is 10.5 Å². The summed E-state index contributed by atoms with van der Waals surface area (Å²) in [7, 11) is -3.48. The summed E-state index contributed by atoms with van der Waals surface area (Å²) >= 11 is 1.80. The van der Waals surface area contributed by atoms with Gasteiger partial charge >= 0.3 is 0 Å². The van der Waals surface area contributed by atoms with E-state index in [1.165, 1.54) is 5.56 Å². The molecule has 30 heavy (non-hydrogen) atoms. The van der Waals surface area contributed by atoms with Crippen LogP contribution in [0.15, 0.2) is 78.9 Å². The van der Waals surface area contributed by atoms with Crippen molar-refractivity contribution in [1.82, 2.24) is 0 Å². The second kappa shape index (κ2) is 5.77. The van der Waals surface area contributed by atoms with Crippen molar-refractivity contribution in [2.45, 2.75) is 21.0 Å². The molecule has 0 amide bonds. The Balaban J connectivity index is 1.46. The first-order valence-electron chi connectivity index (χ1n) is 10.2. The summed E-state index contributed by atoms with van der Waals surface area (Å²) in [6.07, 6.45) is 3.89. The van der Waals surface area contributed by atoms with Gasteiger partial charge in [-0.15, -0.1) is 11.8 Å². The van der Waals surface area contributed by atoms with Crippen LogP contribution in [0.2, 0.25) is 0 Å². The highest BCUT2D eigenvalue weighted by Crippen LogP contribution is 2.67. The van der Waals surface area contributed by atoms with Crippen molar-refractivity contribution >= 4 is 49.2 Å². The molecule has 7 rings (SSSR count). The van der Waals surface area contributed by atoms with Crippen molar-refractivity contribution < 1.29 is 8.42 Å². The zero-order valence-electron chi connectivity index (χ0n) is 16.0. The monoisotopic (exact) mass is 426 g/mol. The molecule has 4 aromatic rings. The molecule has 1 saturated heterocycles. The zero-order valence-corrected chi connectivity index (χ0v) is 17.7. The van der Waals surface area contributed by atoms with Crippen LogP contribution in [0.4, 0.5) is 0 Å². The maximum absolute atomic E-state index is 14.2. The van der Waals surface area contributed by atoms with E-state index in [9.17, 15) is 8.42 Å². The number of rotatable bonds is 2. The Kier molecular flexibility index (Phi) is 3.30. The number of hydrogen-bond acceptors (Lipinski definition) is 3. The Hall–Kier alpha value is -2.56. The van der Waals surface area contributed by atoms with E-state index in [4.69, 9.17) is 0 Å². The lowest BCUT2D eigenvalue weighted by Gasteiger charge is -2.29. The van der Waals surface area contributed by atoms with E-state index >= 15 is 0 Å². The third kappa shape index (κ3) is 2.13. The van der Waals surface area contributed by atoms with Crippen molar-refractivity contribution in [3.05, 3.63) is 101 Å². The van der Waals surface area contributed by atoms with Gasteiger partial charge < -0.3 is 0 Å². The van der Waals surface area contributed by atoms with Crippen LogP contribution in [-0.4, -0.2) is 13.7 Å². The van der Waals surface area contributed by atoms with Gasteiger partial charge in [-0.2, -0.15) is 0 Å². The molecule has 146 valence electrons. The van der Waals surface area contributed by atoms with Gasteiger partial charge in [-0.3, -0.25) is 0 Å². The summed E-state index contributed by atoms with van der Waals surface area (Å²) in [6, 6.07) is 24.7. The van der Waals surface area contributed by atoms with Crippen LogP contribution in [0.1, 0.15) is 38.0 Å². The largest absolute Gasteiger partial charge is 0.227 e. The number of hydrogen-bond donors (Lipinski definition) is 0. The van der Waals surface area contributed by atoms with Crippen LogP contribution in [0, 0.1) is 0 Å². The average molecular weight is 427 g/mol. The quantitative estimate of drug-likeness (QED) is 0.348. The van der Waals surface area contributed by atoms with E-state index in [2.05, 4.69) is 42.5 Å². The second-order valence-corrected chi connectivity index (χ2v) is 11.9.